The van der Waals surface area contributed by atoms with Crippen molar-refractivity contribution in [1.29, 1.82) is 0 Å². The zero-order valence-electron chi connectivity index (χ0n) is 20.9. The molecule has 0 spiro atoms. The van der Waals surface area contributed by atoms with Gasteiger partial charge < -0.3 is 15.4 Å². The van der Waals surface area contributed by atoms with Crippen LogP contribution in [0.4, 0.5) is 0 Å². The first kappa shape index (κ1) is 24.3. The number of amides is 2. The number of hydrogen-bond acceptors (Lipinski definition) is 3. The Hall–Kier alpha value is -1.88. The predicted molar refractivity (Wildman–Crippen MR) is 131 cm³/mol. The van der Waals surface area contributed by atoms with Gasteiger partial charge in [-0.15, -0.1) is 0 Å². The van der Waals surface area contributed by atoms with Gasteiger partial charge in [0.25, 0.3) is 5.91 Å². The Balaban J connectivity index is 1.34. The quantitative estimate of drug-likeness (QED) is 0.497. The van der Waals surface area contributed by atoms with E-state index in [4.69, 9.17) is 4.74 Å². The Morgan fingerprint density at radius 2 is 1.55 bits per heavy atom. The smallest absolute Gasteiger partial charge is 0.251 e. The molecule has 4 aliphatic carbocycles. The summed E-state index contributed by atoms with van der Waals surface area (Å²) in [5.74, 6) is 2.41. The number of carbonyl (C=O) groups excluding carboxylic acids is 2. The Bertz CT molecular complexity index is 795. The fraction of sp³-hybridized carbons (Fsp3) is 0.714. The molecule has 4 saturated carbocycles. The minimum atomic E-state index is -0.550. The topological polar surface area (TPSA) is 67.4 Å². The minimum Gasteiger partial charge on any atom is -0.379 e. The molecule has 0 unspecified atom stereocenters. The van der Waals surface area contributed by atoms with Crippen LogP contribution in [0, 0.1) is 23.7 Å². The second-order valence-corrected chi connectivity index (χ2v) is 11.5. The van der Waals surface area contributed by atoms with Gasteiger partial charge in [-0.1, -0.05) is 26.0 Å². The lowest BCUT2D eigenvalue weighted by molar-refractivity contribution is -0.124. The highest BCUT2D eigenvalue weighted by Crippen LogP contribution is 2.60. The van der Waals surface area contributed by atoms with E-state index < -0.39 is 6.04 Å². The molecule has 182 valence electrons. The summed E-state index contributed by atoms with van der Waals surface area (Å²) in [7, 11) is 0. The summed E-state index contributed by atoms with van der Waals surface area (Å²) >= 11 is 0. The van der Waals surface area contributed by atoms with E-state index in [2.05, 4.69) is 22.8 Å². The molecule has 4 bridgehead atoms. The van der Waals surface area contributed by atoms with Gasteiger partial charge in [0.15, 0.2) is 0 Å². The van der Waals surface area contributed by atoms with Crippen molar-refractivity contribution in [2.45, 2.75) is 90.2 Å². The van der Waals surface area contributed by atoms with E-state index in [1.165, 1.54) is 44.1 Å². The van der Waals surface area contributed by atoms with E-state index in [1.807, 2.05) is 39.8 Å². The van der Waals surface area contributed by atoms with Crippen LogP contribution in [-0.2, 0) is 14.9 Å². The number of carbonyl (C=O) groups is 2. The molecule has 2 N–H and O–H groups in total. The Morgan fingerprint density at radius 3 is 2.06 bits per heavy atom. The lowest BCUT2D eigenvalue weighted by Crippen LogP contribution is -2.50. The third-order valence-electron chi connectivity index (χ3n) is 8.10. The fourth-order valence-corrected chi connectivity index (χ4v) is 6.91. The Labute approximate surface area is 199 Å². The average Bonchev–Trinajstić information content (AvgIpc) is 2.75. The molecule has 33 heavy (non-hydrogen) atoms. The summed E-state index contributed by atoms with van der Waals surface area (Å²) in [6.45, 7) is 9.08. The van der Waals surface area contributed by atoms with Crippen LogP contribution in [0.1, 0.15) is 88.6 Å². The molecule has 1 aromatic rings. The number of ether oxygens (including phenoxy) is 1. The van der Waals surface area contributed by atoms with Crippen LogP contribution >= 0.6 is 0 Å². The first-order valence-corrected chi connectivity index (χ1v) is 13.1. The van der Waals surface area contributed by atoms with Crippen LogP contribution in [0.25, 0.3) is 0 Å². The van der Waals surface area contributed by atoms with Gasteiger partial charge in [0, 0.05) is 18.7 Å². The normalized spacial score (nSPS) is 28.8. The molecule has 0 aromatic heterocycles. The molecule has 1 atom stereocenters. The molecule has 4 aliphatic rings. The van der Waals surface area contributed by atoms with Crippen molar-refractivity contribution in [3.63, 3.8) is 0 Å². The Morgan fingerprint density at radius 1 is 0.970 bits per heavy atom. The lowest BCUT2D eigenvalue weighted by atomic mass is 9.48. The van der Waals surface area contributed by atoms with Crippen molar-refractivity contribution in [1.82, 2.24) is 10.6 Å². The molecule has 0 heterocycles. The van der Waals surface area contributed by atoms with E-state index >= 15 is 0 Å². The number of nitrogens with one attached hydrogen (secondary N) is 2. The molecule has 5 heteroatoms. The number of rotatable bonds is 10. The maximum absolute atomic E-state index is 13.0. The van der Waals surface area contributed by atoms with Crippen molar-refractivity contribution in [3.8, 4) is 0 Å². The van der Waals surface area contributed by atoms with Gasteiger partial charge in [0.05, 0.1) is 6.10 Å². The highest BCUT2D eigenvalue weighted by molar-refractivity contribution is 5.97. The molecule has 0 aliphatic heterocycles. The highest BCUT2D eigenvalue weighted by Gasteiger charge is 2.51. The van der Waals surface area contributed by atoms with Gasteiger partial charge in [0.2, 0.25) is 5.91 Å². The molecule has 0 radical (unpaired) electrons. The summed E-state index contributed by atoms with van der Waals surface area (Å²) in [4.78, 5) is 25.7. The standard InChI is InChI=1S/C28H42N2O3/c1-18(2)25(27(32)29-10-5-11-33-19(3)4)30-26(31)23-6-8-24(9-7-23)28-15-20-12-21(16-28)14-22(13-20)17-28/h6-9,18-22,25H,5,10-17H2,1-4H3,(H,29,32)(H,30,31)/t20?,21?,22?,25-,28?/m0/s1. The molecule has 5 rings (SSSR count). The maximum atomic E-state index is 13.0. The summed E-state index contributed by atoms with van der Waals surface area (Å²) in [6, 6.07) is 7.73. The molecular formula is C28H42N2O3. The molecule has 5 nitrogen and oxygen atoms in total. The SMILES string of the molecule is CC(C)OCCCNC(=O)[C@@H](NC(=O)c1ccc(C23CC4CC(CC(C4)C2)C3)cc1)C(C)C. The monoisotopic (exact) mass is 454 g/mol. The second-order valence-electron chi connectivity index (χ2n) is 11.5. The highest BCUT2D eigenvalue weighted by atomic mass is 16.5. The van der Waals surface area contributed by atoms with Crippen LogP contribution in [0.3, 0.4) is 0 Å². The summed E-state index contributed by atoms with van der Waals surface area (Å²) in [5, 5.41) is 5.91. The van der Waals surface area contributed by atoms with E-state index in [1.54, 1.807) is 0 Å². The third kappa shape index (κ3) is 5.62. The summed E-state index contributed by atoms with van der Waals surface area (Å²) in [6.07, 6.45) is 9.22. The first-order chi connectivity index (χ1) is 15.8. The minimum absolute atomic E-state index is 0.00663. The van der Waals surface area contributed by atoms with Crippen LogP contribution in [-0.4, -0.2) is 37.1 Å². The second kappa shape index (κ2) is 10.2. The van der Waals surface area contributed by atoms with E-state index in [-0.39, 0.29) is 23.8 Å². The maximum Gasteiger partial charge on any atom is 0.251 e. The third-order valence-corrected chi connectivity index (χ3v) is 8.10. The zero-order valence-corrected chi connectivity index (χ0v) is 20.9. The molecule has 0 saturated heterocycles. The van der Waals surface area contributed by atoms with Crippen molar-refractivity contribution in [3.05, 3.63) is 35.4 Å². The van der Waals surface area contributed by atoms with Crippen LogP contribution in [0.15, 0.2) is 24.3 Å². The van der Waals surface area contributed by atoms with Crippen LogP contribution in [0.5, 0.6) is 0 Å². The van der Waals surface area contributed by atoms with Gasteiger partial charge >= 0.3 is 0 Å². The van der Waals surface area contributed by atoms with Crippen molar-refractivity contribution in [2.24, 2.45) is 23.7 Å². The summed E-state index contributed by atoms with van der Waals surface area (Å²) < 4.78 is 5.52. The van der Waals surface area contributed by atoms with Gasteiger partial charge in [-0.2, -0.15) is 0 Å². The largest absolute Gasteiger partial charge is 0.379 e. The van der Waals surface area contributed by atoms with Crippen molar-refractivity contribution >= 4 is 11.8 Å². The molecule has 2 amide bonds. The van der Waals surface area contributed by atoms with Gasteiger partial charge in [-0.25, -0.2) is 0 Å². The lowest BCUT2D eigenvalue weighted by Gasteiger charge is -2.57. The van der Waals surface area contributed by atoms with E-state index in [0.29, 0.717) is 24.1 Å². The van der Waals surface area contributed by atoms with Crippen LogP contribution < -0.4 is 10.6 Å². The van der Waals surface area contributed by atoms with Gasteiger partial charge in [-0.05, 0) is 106 Å². The van der Waals surface area contributed by atoms with Gasteiger partial charge in [0.1, 0.15) is 6.04 Å². The molecule has 4 fully saturated rings. The number of hydrogen-bond donors (Lipinski definition) is 2. The average molecular weight is 455 g/mol. The van der Waals surface area contributed by atoms with Gasteiger partial charge in [-0.3, -0.25) is 9.59 Å². The first-order valence-electron chi connectivity index (χ1n) is 13.1. The predicted octanol–water partition coefficient (Wildman–Crippen LogP) is 4.84. The fourth-order valence-electron chi connectivity index (χ4n) is 6.91. The number of benzene rings is 1. The molecular weight excluding hydrogens is 412 g/mol. The van der Waals surface area contributed by atoms with E-state index in [0.717, 1.165) is 24.2 Å². The van der Waals surface area contributed by atoms with E-state index in [9.17, 15) is 9.59 Å². The van der Waals surface area contributed by atoms with Crippen molar-refractivity contribution in [2.75, 3.05) is 13.2 Å². The Kier molecular flexibility index (Phi) is 7.47. The molecule has 1 aromatic carbocycles. The van der Waals surface area contributed by atoms with Crippen LogP contribution in [0.2, 0.25) is 0 Å². The summed E-state index contributed by atoms with van der Waals surface area (Å²) in [5.41, 5.74) is 2.39. The van der Waals surface area contributed by atoms with Crippen molar-refractivity contribution < 1.29 is 14.3 Å². The zero-order chi connectivity index (χ0) is 23.6.